The lowest BCUT2D eigenvalue weighted by Crippen LogP contribution is -2.32. The number of benzene rings is 2. The van der Waals surface area contributed by atoms with Crippen molar-refractivity contribution in [2.24, 2.45) is 5.73 Å². The van der Waals surface area contributed by atoms with Crippen molar-refractivity contribution in [3.63, 3.8) is 0 Å². The minimum absolute atomic E-state index is 0.122. The molecule has 0 aliphatic heterocycles. The summed E-state index contributed by atoms with van der Waals surface area (Å²) in [6, 6.07) is 10.6. The van der Waals surface area contributed by atoms with Crippen LogP contribution in [0.1, 0.15) is 16.7 Å². The smallest absolute Gasteiger partial charge is 0.320 e. The van der Waals surface area contributed by atoms with Gasteiger partial charge in [-0.2, -0.15) is 0 Å². The van der Waals surface area contributed by atoms with Gasteiger partial charge in [0.1, 0.15) is 17.5 Å². The van der Waals surface area contributed by atoms with Gasteiger partial charge in [-0.15, -0.1) is 0 Å². The van der Waals surface area contributed by atoms with Gasteiger partial charge in [-0.1, -0.05) is 18.2 Å². The minimum Gasteiger partial charge on any atom is -0.508 e. The Morgan fingerprint density at radius 2 is 1.62 bits per heavy atom. The number of carboxylic acids is 1. The Labute approximate surface area is 122 Å². The van der Waals surface area contributed by atoms with Crippen LogP contribution in [0.3, 0.4) is 0 Å². The molecule has 0 heterocycles. The van der Waals surface area contributed by atoms with Crippen molar-refractivity contribution in [3.8, 4) is 11.5 Å². The predicted octanol–water partition coefficient (Wildman–Crippen LogP) is 1.64. The lowest BCUT2D eigenvalue weighted by molar-refractivity contribution is -0.138. The molecule has 5 N–H and O–H groups in total. The van der Waals surface area contributed by atoms with E-state index in [0.29, 0.717) is 6.42 Å². The first-order valence-corrected chi connectivity index (χ1v) is 6.53. The molecule has 0 saturated carbocycles. The fourth-order valence-corrected chi connectivity index (χ4v) is 2.13. The molecule has 1 unspecified atom stereocenters. The average molecular weight is 287 g/mol. The molecular formula is C16H17NO4. The molecule has 0 fully saturated rings. The van der Waals surface area contributed by atoms with Gasteiger partial charge in [0.2, 0.25) is 0 Å². The lowest BCUT2D eigenvalue weighted by Gasteiger charge is -2.13. The summed E-state index contributed by atoms with van der Waals surface area (Å²) in [5.41, 5.74) is 8.13. The van der Waals surface area contributed by atoms with Crippen molar-refractivity contribution in [2.75, 3.05) is 0 Å². The number of rotatable bonds is 5. The normalized spacial score (nSPS) is 12.0. The van der Waals surface area contributed by atoms with Crippen LogP contribution in [0.25, 0.3) is 0 Å². The van der Waals surface area contributed by atoms with Crippen molar-refractivity contribution in [2.45, 2.75) is 18.9 Å². The molecule has 110 valence electrons. The number of phenols is 2. The third-order valence-electron chi connectivity index (χ3n) is 3.28. The Balaban J connectivity index is 2.26. The number of aliphatic carboxylic acids is 1. The second-order valence-corrected chi connectivity index (χ2v) is 4.95. The monoisotopic (exact) mass is 287 g/mol. The summed E-state index contributed by atoms with van der Waals surface area (Å²) in [6.07, 6.45) is 0.722. The summed E-state index contributed by atoms with van der Waals surface area (Å²) in [6.45, 7) is 0. The number of hydrogen-bond acceptors (Lipinski definition) is 4. The minimum atomic E-state index is -1.06. The van der Waals surface area contributed by atoms with Crippen molar-refractivity contribution in [3.05, 3.63) is 59.2 Å². The maximum absolute atomic E-state index is 10.9. The fraction of sp³-hybridized carbons (Fsp3) is 0.188. The van der Waals surface area contributed by atoms with Crippen molar-refractivity contribution in [1.82, 2.24) is 0 Å². The lowest BCUT2D eigenvalue weighted by atomic mass is 9.95. The summed E-state index contributed by atoms with van der Waals surface area (Å²) in [5, 5.41) is 27.8. The molecule has 0 aliphatic rings. The maximum Gasteiger partial charge on any atom is 0.320 e. The van der Waals surface area contributed by atoms with Gasteiger partial charge in [0, 0.05) is 0 Å². The quantitative estimate of drug-likeness (QED) is 0.669. The van der Waals surface area contributed by atoms with Crippen LogP contribution < -0.4 is 5.73 Å². The van der Waals surface area contributed by atoms with Gasteiger partial charge in [-0.3, -0.25) is 4.79 Å². The highest BCUT2D eigenvalue weighted by Crippen LogP contribution is 2.22. The SMILES string of the molecule is NC(Cc1ccc(O)cc1Cc1ccc(O)cc1)C(=O)O. The van der Waals surface area contributed by atoms with E-state index in [1.54, 1.807) is 36.4 Å². The van der Waals surface area contributed by atoms with Crippen LogP contribution >= 0.6 is 0 Å². The zero-order chi connectivity index (χ0) is 15.4. The van der Waals surface area contributed by atoms with Crippen LogP contribution in [-0.2, 0) is 17.6 Å². The van der Waals surface area contributed by atoms with E-state index >= 15 is 0 Å². The van der Waals surface area contributed by atoms with Crippen LogP contribution in [-0.4, -0.2) is 27.3 Å². The van der Waals surface area contributed by atoms with E-state index in [2.05, 4.69) is 0 Å². The first-order valence-electron chi connectivity index (χ1n) is 6.53. The second kappa shape index (κ2) is 6.28. The zero-order valence-electron chi connectivity index (χ0n) is 11.4. The van der Waals surface area contributed by atoms with Crippen LogP contribution in [0.2, 0.25) is 0 Å². The van der Waals surface area contributed by atoms with Crippen molar-refractivity contribution < 1.29 is 20.1 Å². The average Bonchev–Trinajstić information content (AvgIpc) is 2.44. The Morgan fingerprint density at radius 1 is 1.00 bits per heavy atom. The highest BCUT2D eigenvalue weighted by Gasteiger charge is 2.15. The van der Waals surface area contributed by atoms with Gasteiger partial charge in [-0.25, -0.2) is 0 Å². The molecule has 21 heavy (non-hydrogen) atoms. The highest BCUT2D eigenvalue weighted by atomic mass is 16.4. The number of carbonyl (C=O) groups is 1. The van der Waals surface area contributed by atoms with Gasteiger partial charge < -0.3 is 21.1 Å². The van der Waals surface area contributed by atoms with Crippen molar-refractivity contribution >= 4 is 5.97 Å². The van der Waals surface area contributed by atoms with E-state index in [4.69, 9.17) is 10.8 Å². The Bertz CT molecular complexity index is 637. The van der Waals surface area contributed by atoms with Gasteiger partial charge in [0.15, 0.2) is 0 Å². The van der Waals surface area contributed by atoms with Crippen LogP contribution in [0.5, 0.6) is 11.5 Å². The zero-order valence-corrected chi connectivity index (χ0v) is 11.4. The summed E-state index contributed by atoms with van der Waals surface area (Å²) in [5.74, 6) is -0.752. The van der Waals surface area contributed by atoms with E-state index in [1.807, 2.05) is 0 Å². The van der Waals surface area contributed by atoms with E-state index in [1.165, 1.54) is 6.07 Å². The van der Waals surface area contributed by atoms with E-state index in [0.717, 1.165) is 16.7 Å². The number of hydrogen-bond donors (Lipinski definition) is 4. The highest BCUT2D eigenvalue weighted by molar-refractivity contribution is 5.73. The van der Waals surface area contributed by atoms with Crippen LogP contribution in [0.15, 0.2) is 42.5 Å². The molecular weight excluding hydrogens is 270 g/mol. The molecule has 0 amide bonds. The molecule has 0 aromatic heterocycles. The molecule has 0 spiro atoms. The Hall–Kier alpha value is -2.53. The third kappa shape index (κ3) is 3.97. The summed E-state index contributed by atoms with van der Waals surface area (Å²) < 4.78 is 0. The molecule has 5 heteroatoms. The van der Waals surface area contributed by atoms with E-state index in [-0.39, 0.29) is 17.9 Å². The number of carboxylic acid groups (broad SMARTS) is 1. The second-order valence-electron chi connectivity index (χ2n) is 4.95. The molecule has 0 saturated heterocycles. The van der Waals surface area contributed by atoms with E-state index < -0.39 is 12.0 Å². The van der Waals surface area contributed by atoms with E-state index in [9.17, 15) is 15.0 Å². The topological polar surface area (TPSA) is 104 Å². The first-order chi connectivity index (χ1) is 9.95. The number of aromatic hydroxyl groups is 2. The largest absolute Gasteiger partial charge is 0.508 e. The van der Waals surface area contributed by atoms with Crippen LogP contribution in [0, 0.1) is 0 Å². The molecule has 1 atom stereocenters. The summed E-state index contributed by atoms with van der Waals surface area (Å²) in [7, 11) is 0. The maximum atomic E-state index is 10.9. The summed E-state index contributed by atoms with van der Waals surface area (Å²) >= 11 is 0. The van der Waals surface area contributed by atoms with Gasteiger partial charge in [0.25, 0.3) is 0 Å². The molecule has 2 rings (SSSR count). The fourth-order valence-electron chi connectivity index (χ4n) is 2.13. The molecule has 0 radical (unpaired) electrons. The predicted molar refractivity (Wildman–Crippen MR) is 78.3 cm³/mol. The molecule has 5 nitrogen and oxygen atoms in total. The summed E-state index contributed by atoms with van der Waals surface area (Å²) in [4.78, 5) is 10.9. The van der Waals surface area contributed by atoms with Gasteiger partial charge in [-0.05, 0) is 53.8 Å². The standard InChI is InChI=1S/C16H17NO4/c17-15(16(20)21)9-11-3-6-14(19)8-12(11)7-10-1-4-13(18)5-2-10/h1-6,8,15,18-19H,7,9,17H2,(H,20,21). The Kier molecular flexibility index (Phi) is 4.45. The van der Waals surface area contributed by atoms with Gasteiger partial charge >= 0.3 is 5.97 Å². The molecule has 0 bridgehead atoms. The van der Waals surface area contributed by atoms with Crippen molar-refractivity contribution in [1.29, 1.82) is 0 Å². The van der Waals surface area contributed by atoms with Gasteiger partial charge in [0.05, 0.1) is 0 Å². The Morgan fingerprint density at radius 3 is 2.24 bits per heavy atom. The number of nitrogens with two attached hydrogens (primary N) is 1. The third-order valence-corrected chi connectivity index (χ3v) is 3.28. The molecule has 2 aromatic carbocycles. The molecule has 0 aliphatic carbocycles. The molecule has 2 aromatic rings. The first kappa shape index (κ1) is 14.9. The van der Waals surface area contributed by atoms with Crippen LogP contribution in [0.4, 0.5) is 0 Å². The number of phenolic OH excluding ortho intramolecular Hbond substituents is 2.